The zero-order valence-electron chi connectivity index (χ0n) is 16.4. The van der Waals surface area contributed by atoms with Gasteiger partial charge in [-0.05, 0) is 54.6 Å². The first-order chi connectivity index (χ1) is 14.6. The van der Waals surface area contributed by atoms with Gasteiger partial charge in [0.15, 0.2) is 0 Å². The van der Waals surface area contributed by atoms with Crippen LogP contribution in [0.1, 0.15) is 12.8 Å². The number of aromatic nitrogens is 2. The van der Waals surface area contributed by atoms with Crippen molar-refractivity contribution in [3.8, 4) is 11.3 Å². The highest BCUT2D eigenvalue weighted by Gasteiger charge is 2.20. The lowest BCUT2D eigenvalue weighted by Crippen LogP contribution is -2.44. The number of rotatable bonds is 2. The molecule has 0 unspecified atom stereocenters. The molecule has 5 N–H and O–H groups in total. The molecule has 2 aromatic heterocycles. The highest BCUT2D eigenvalue weighted by atomic mass is 16.2. The van der Waals surface area contributed by atoms with E-state index in [1.807, 2.05) is 54.6 Å². The van der Waals surface area contributed by atoms with E-state index in [1.165, 1.54) is 0 Å². The summed E-state index contributed by atoms with van der Waals surface area (Å²) in [5.41, 5.74) is 9.54. The Bertz CT molecular complexity index is 1300. The number of nitrogens with two attached hydrogens (primary N) is 1. The van der Waals surface area contributed by atoms with Crippen molar-refractivity contribution in [1.82, 2.24) is 14.9 Å². The van der Waals surface area contributed by atoms with Crippen molar-refractivity contribution in [1.29, 1.82) is 0 Å². The summed E-state index contributed by atoms with van der Waals surface area (Å²) < 4.78 is 0. The molecule has 0 bridgehead atoms. The second-order valence-corrected chi connectivity index (χ2v) is 7.84. The number of amides is 2. The average Bonchev–Trinajstić information content (AvgIpc) is 3.16. The van der Waals surface area contributed by atoms with Gasteiger partial charge in [-0.25, -0.2) is 4.79 Å². The highest BCUT2D eigenvalue weighted by Crippen LogP contribution is 2.26. The molecular formula is C23H23N5O2. The Hall–Kier alpha value is -3.58. The Morgan fingerprint density at radius 1 is 0.967 bits per heavy atom. The molecule has 2 amide bonds. The van der Waals surface area contributed by atoms with Gasteiger partial charge in [-0.15, -0.1) is 0 Å². The van der Waals surface area contributed by atoms with Crippen LogP contribution in [-0.2, 0) is 0 Å². The van der Waals surface area contributed by atoms with E-state index in [-0.39, 0.29) is 17.6 Å². The van der Waals surface area contributed by atoms with E-state index in [0.717, 1.165) is 46.0 Å². The molecule has 0 atom stereocenters. The number of pyridine rings is 1. The first-order valence-corrected chi connectivity index (χ1v) is 10.1. The Labute approximate surface area is 172 Å². The van der Waals surface area contributed by atoms with Gasteiger partial charge in [0.05, 0.1) is 11.3 Å². The molecule has 0 aliphatic carbocycles. The van der Waals surface area contributed by atoms with Crippen molar-refractivity contribution in [3.63, 3.8) is 0 Å². The molecule has 2 aromatic carbocycles. The quantitative estimate of drug-likeness (QED) is 0.412. The minimum Gasteiger partial charge on any atom is -0.354 e. The monoisotopic (exact) mass is 401 g/mol. The SMILES string of the molecule is NC1CCN(C(=O)Nc2ccc3[nH]c(-c4cc5ccccc5[nH]c4=O)cc3c2)CC1. The van der Waals surface area contributed by atoms with Crippen LogP contribution >= 0.6 is 0 Å². The number of benzene rings is 2. The van der Waals surface area contributed by atoms with Crippen LogP contribution in [0, 0.1) is 0 Å². The molecule has 5 rings (SSSR count). The van der Waals surface area contributed by atoms with Gasteiger partial charge in [0.25, 0.3) is 5.56 Å². The standard InChI is InChI=1S/C23H23N5O2/c24-16-7-9-28(10-8-16)23(30)25-17-5-6-20-15(11-17)13-21(26-20)18-12-14-3-1-2-4-19(14)27-22(18)29/h1-6,11-13,16,26H,7-10,24H2,(H,25,30)(H,27,29). The molecule has 7 nitrogen and oxygen atoms in total. The first-order valence-electron chi connectivity index (χ1n) is 10.1. The molecule has 1 aliphatic heterocycles. The summed E-state index contributed by atoms with van der Waals surface area (Å²) in [6.07, 6.45) is 1.65. The smallest absolute Gasteiger partial charge is 0.321 e. The molecule has 0 spiro atoms. The van der Waals surface area contributed by atoms with Gasteiger partial charge in [-0.2, -0.15) is 0 Å². The summed E-state index contributed by atoms with van der Waals surface area (Å²) in [7, 11) is 0. The molecule has 1 fully saturated rings. The summed E-state index contributed by atoms with van der Waals surface area (Å²) in [6.45, 7) is 1.35. The summed E-state index contributed by atoms with van der Waals surface area (Å²) in [5.74, 6) is 0. The van der Waals surface area contributed by atoms with Crippen molar-refractivity contribution in [2.24, 2.45) is 5.73 Å². The van der Waals surface area contributed by atoms with Gasteiger partial charge in [0.1, 0.15) is 0 Å². The van der Waals surface area contributed by atoms with Crippen molar-refractivity contribution in [2.45, 2.75) is 18.9 Å². The van der Waals surface area contributed by atoms with Crippen molar-refractivity contribution in [3.05, 3.63) is 65.0 Å². The molecular weight excluding hydrogens is 378 g/mol. The maximum atomic E-state index is 12.6. The lowest BCUT2D eigenvalue weighted by molar-refractivity contribution is 0.195. The van der Waals surface area contributed by atoms with Gasteiger partial charge in [-0.3, -0.25) is 4.79 Å². The highest BCUT2D eigenvalue weighted by molar-refractivity contribution is 5.95. The number of aromatic amines is 2. The maximum Gasteiger partial charge on any atom is 0.321 e. The van der Waals surface area contributed by atoms with Crippen LogP contribution in [-0.4, -0.2) is 40.0 Å². The number of piperidine rings is 1. The van der Waals surface area contributed by atoms with E-state index < -0.39 is 0 Å². The molecule has 0 radical (unpaired) electrons. The Balaban J connectivity index is 1.42. The third-order valence-corrected chi connectivity index (χ3v) is 5.74. The number of likely N-dealkylation sites (tertiary alicyclic amines) is 1. The van der Waals surface area contributed by atoms with Crippen LogP contribution in [0.5, 0.6) is 0 Å². The van der Waals surface area contributed by atoms with Gasteiger partial charge in [0.2, 0.25) is 0 Å². The van der Waals surface area contributed by atoms with Crippen molar-refractivity contribution >= 4 is 33.5 Å². The van der Waals surface area contributed by atoms with Crippen LogP contribution in [0.2, 0.25) is 0 Å². The van der Waals surface area contributed by atoms with Gasteiger partial charge in [-0.1, -0.05) is 18.2 Å². The molecule has 30 heavy (non-hydrogen) atoms. The largest absolute Gasteiger partial charge is 0.354 e. The number of para-hydroxylation sites is 1. The average molecular weight is 401 g/mol. The zero-order chi connectivity index (χ0) is 20.7. The van der Waals surface area contributed by atoms with E-state index in [1.54, 1.807) is 4.90 Å². The fourth-order valence-corrected chi connectivity index (χ4v) is 4.01. The number of hydrogen-bond donors (Lipinski definition) is 4. The minimum atomic E-state index is -0.142. The number of carbonyl (C=O) groups is 1. The van der Waals surface area contributed by atoms with Crippen molar-refractivity contribution < 1.29 is 4.79 Å². The van der Waals surface area contributed by atoms with E-state index in [2.05, 4.69) is 15.3 Å². The normalized spacial score (nSPS) is 15.0. The van der Waals surface area contributed by atoms with E-state index >= 15 is 0 Å². The Morgan fingerprint density at radius 2 is 1.73 bits per heavy atom. The molecule has 7 heteroatoms. The molecule has 1 aliphatic rings. The van der Waals surface area contributed by atoms with Crippen molar-refractivity contribution in [2.75, 3.05) is 18.4 Å². The second-order valence-electron chi connectivity index (χ2n) is 7.84. The van der Waals surface area contributed by atoms with Crippen LogP contribution < -0.4 is 16.6 Å². The number of fused-ring (bicyclic) bond motifs is 2. The van der Waals surface area contributed by atoms with E-state index in [4.69, 9.17) is 5.73 Å². The van der Waals surface area contributed by atoms with Gasteiger partial charge < -0.3 is 25.9 Å². The number of carbonyl (C=O) groups excluding carboxylic acids is 1. The van der Waals surface area contributed by atoms with Gasteiger partial charge in [0, 0.05) is 41.2 Å². The van der Waals surface area contributed by atoms with Gasteiger partial charge >= 0.3 is 6.03 Å². The van der Waals surface area contributed by atoms with E-state index in [9.17, 15) is 9.59 Å². The molecule has 0 saturated carbocycles. The molecule has 4 aromatic rings. The lowest BCUT2D eigenvalue weighted by atomic mass is 10.1. The fourth-order valence-electron chi connectivity index (χ4n) is 4.01. The maximum absolute atomic E-state index is 12.6. The third-order valence-electron chi connectivity index (χ3n) is 5.74. The molecule has 3 heterocycles. The lowest BCUT2D eigenvalue weighted by Gasteiger charge is -2.30. The number of hydrogen-bond acceptors (Lipinski definition) is 3. The predicted molar refractivity (Wildman–Crippen MR) is 120 cm³/mol. The Kier molecular flexibility index (Phi) is 4.52. The summed E-state index contributed by atoms with van der Waals surface area (Å²) in [4.78, 5) is 33.1. The second kappa shape index (κ2) is 7.35. The number of nitrogens with zero attached hydrogens (tertiary/aromatic N) is 1. The zero-order valence-corrected chi connectivity index (χ0v) is 16.4. The number of H-pyrrole nitrogens is 2. The number of urea groups is 1. The minimum absolute atomic E-state index is 0.108. The fraction of sp³-hybridized carbons (Fsp3) is 0.217. The first kappa shape index (κ1) is 18.4. The van der Waals surface area contributed by atoms with Crippen LogP contribution in [0.3, 0.4) is 0 Å². The van der Waals surface area contributed by atoms with Crippen LogP contribution in [0.15, 0.2) is 59.4 Å². The van der Waals surface area contributed by atoms with Crippen LogP contribution in [0.4, 0.5) is 10.5 Å². The summed E-state index contributed by atoms with van der Waals surface area (Å²) in [5, 5.41) is 4.87. The summed E-state index contributed by atoms with van der Waals surface area (Å²) >= 11 is 0. The third kappa shape index (κ3) is 3.44. The van der Waals surface area contributed by atoms with E-state index in [0.29, 0.717) is 18.7 Å². The number of nitrogens with one attached hydrogen (secondary N) is 3. The molecule has 152 valence electrons. The summed E-state index contributed by atoms with van der Waals surface area (Å²) in [6, 6.07) is 17.3. The predicted octanol–water partition coefficient (Wildman–Crippen LogP) is 3.63. The molecule has 1 saturated heterocycles. The Morgan fingerprint density at radius 3 is 2.57 bits per heavy atom. The van der Waals surface area contributed by atoms with Crippen LogP contribution in [0.25, 0.3) is 33.1 Å². The number of anilines is 1. The topological polar surface area (TPSA) is 107 Å².